The van der Waals surface area contributed by atoms with Crippen molar-refractivity contribution in [1.29, 1.82) is 0 Å². The number of anilines is 1. The van der Waals surface area contributed by atoms with Gasteiger partial charge in [0.2, 0.25) is 5.91 Å². The summed E-state index contributed by atoms with van der Waals surface area (Å²) < 4.78 is 1.30. The first-order valence-corrected chi connectivity index (χ1v) is 9.82. The fourth-order valence-corrected chi connectivity index (χ4v) is 3.48. The molecular weight excluding hydrogens is 354 g/mol. The van der Waals surface area contributed by atoms with Crippen molar-refractivity contribution in [2.24, 2.45) is 5.92 Å². The smallest absolute Gasteiger partial charge is 0.246 e. The minimum absolute atomic E-state index is 0.113. The molecule has 1 fully saturated rings. The Hall–Kier alpha value is -2.76. The molecule has 1 aliphatic carbocycles. The zero-order valence-corrected chi connectivity index (χ0v) is 16.7. The van der Waals surface area contributed by atoms with Gasteiger partial charge in [-0.2, -0.15) is 5.10 Å². The number of amides is 1. The van der Waals surface area contributed by atoms with Gasteiger partial charge in [-0.05, 0) is 48.9 Å². The average Bonchev–Trinajstić information content (AvgIpc) is 2.99. The van der Waals surface area contributed by atoms with Gasteiger partial charge in [0.1, 0.15) is 17.9 Å². The van der Waals surface area contributed by atoms with Crippen LogP contribution in [-0.2, 0) is 17.8 Å². The van der Waals surface area contributed by atoms with E-state index in [4.69, 9.17) is 0 Å². The lowest BCUT2D eigenvalue weighted by Gasteiger charge is -2.25. The molecule has 2 aromatic rings. The number of carbonyl (C=O) groups is 3. The highest BCUT2D eigenvalue weighted by molar-refractivity contribution is 5.98. The Morgan fingerprint density at radius 1 is 1.14 bits per heavy atom. The highest BCUT2D eigenvalue weighted by atomic mass is 16.2. The Morgan fingerprint density at radius 3 is 2.50 bits per heavy atom. The van der Waals surface area contributed by atoms with Crippen molar-refractivity contribution >= 4 is 23.2 Å². The van der Waals surface area contributed by atoms with Crippen molar-refractivity contribution in [2.45, 2.75) is 59.4 Å². The standard InChI is InChI=1S/C22H27N3O3/c1-14-7-9-18(10-8-17-5-4-6-17)20(11-14)23-22(28)13-25-21(16(3)27)12-19(24-25)15(2)26/h7,9,11-12,17H,4-6,8,10,13H2,1-3H3,(H,23,28). The summed E-state index contributed by atoms with van der Waals surface area (Å²) in [6.45, 7) is 4.66. The number of nitrogens with one attached hydrogen (secondary N) is 1. The number of hydrogen-bond donors (Lipinski definition) is 1. The van der Waals surface area contributed by atoms with E-state index in [-0.39, 0.29) is 35.4 Å². The molecule has 148 valence electrons. The summed E-state index contributed by atoms with van der Waals surface area (Å²) in [5.74, 6) is 0.0661. The number of hydrogen-bond acceptors (Lipinski definition) is 4. The molecular formula is C22H27N3O3. The summed E-state index contributed by atoms with van der Waals surface area (Å²) in [4.78, 5) is 36.0. The first-order chi connectivity index (χ1) is 13.3. The van der Waals surface area contributed by atoms with Gasteiger partial charge >= 0.3 is 0 Å². The van der Waals surface area contributed by atoms with Gasteiger partial charge < -0.3 is 5.32 Å². The van der Waals surface area contributed by atoms with E-state index in [1.54, 1.807) is 0 Å². The molecule has 1 aromatic carbocycles. The molecule has 6 heteroatoms. The summed E-state index contributed by atoms with van der Waals surface area (Å²) in [6.07, 6.45) is 6.02. The third kappa shape index (κ3) is 4.74. The highest BCUT2D eigenvalue weighted by Crippen LogP contribution is 2.31. The Bertz CT molecular complexity index is 910. The fraction of sp³-hybridized carbons (Fsp3) is 0.455. The topological polar surface area (TPSA) is 81.1 Å². The molecule has 1 N–H and O–H groups in total. The Balaban J connectivity index is 1.73. The molecule has 0 radical (unpaired) electrons. The van der Waals surface area contributed by atoms with Crippen LogP contribution in [0.5, 0.6) is 0 Å². The van der Waals surface area contributed by atoms with Gasteiger partial charge in [-0.25, -0.2) is 0 Å². The number of aromatic nitrogens is 2. The van der Waals surface area contributed by atoms with E-state index in [1.165, 1.54) is 43.9 Å². The molecule has 1 amide bonds. The number of carbonyl (C=O) groups excluding carboxylic acids is 3. The third-order valence-electron chi connectivity index (χ3n) is 5.38. The molecule has 0 bridgehead atoms. The monoisotopic (exact) mass is 381 g/mol. The van der Waals surface area contributed by atoms with E-state index >= 15 is 0 Å². The van der Waals surface area contributed by atoms with Gasteiger partial charge in [0.15, 0.2) is 11.6 Å². The van der Waals surface area contributed by atoms with Crippen LogP contribution < -0.4 is 5.32 Å². The zero-order valence-electron chi connectivity index (χ0n) is 16.7. The summed E-state index contributed by atoms with van der Waals surface area (Å²) >= 11 is 0. The highest BCUT2D eigenvalue weighted by Gasteiger charge is 2.19. The lowest BCUT2D eigenvalue weighted by Crippen LogP contribution is -2.23. The van der Waals surface area contributed by atoms with E-state index in [0.717, 1.165) is 35.6 Å². The van der Waals surface area contributed by atoms with E-state index in [1.807, 2.05) is 13.0 Å². The quantitative estimate of drug-likeness (QED) is 0.702. The average molecular weight is 381 g/mol. The number of aryl methyl sites for hydroxylation is 2. The van der Waals surface area contributed by atoms with Crippen LogP contribution in [0.1, 0.15) is 71.6 Å². The van der Waals surface area contributed by atoms with Crippen LogP contribution >= 0.6 is 0 Å². The summed E-state index contributed by atoms with van der Waals surface area (Å²) in [5.41, 5.74) is 3.46. The first kappa shape index (κ1) is 20.0. The Morgan fingerprint density at radius 2 is 1.89 bits per heavy atom. The van der Waals surface area contributed by atoms with Crippen molar-refractivity contribution in [3.63, 3.8) is 0 Å². The largest absolute Gasteiger partial charge is 0.324 e. The second-order valence-electron chi connectivity index (χ2n) is 7.73. The van der Waals surface area contributed by atoms with Gasteiger partial charge in [0, 0.05) is 19.5 Å². The third-order valence-corrected chi connectivity index (χ3v) is 5.38. The zero-order chi connectivity index (χ0) is 20.3. The van der Waals surface area contributed by atoms with Crippen LogP contribution in [-0.4, -0.2) is 27.3 Å². The van der Waals surface area contributed by atoms with Crippen molar-refractivity contribution in [2.75, 3.05) is 5.32 Å². The van der Waals surface area contributed by atoms with Gasteiger partial charge in [-0.1, -0.05) is 31.4 Å². The second kappa shape index (κ2) is 8.50. The Kier molecular flexibility index (Phi) is 6.07. The molecule has 0 unspecified atom stereocenters. The SMILES string of the molecule is CC(=O)c1cc(C(C)=O)n(CC(=O)Nc2cc(C)ccc2CCC2CCC2)n1. The maximum absolute atomic E-state index is 12.6. The molecule has 28 heavy (non-hydrogen) atoms. The van der Waals surface area contributed by atoms with Crippen LogP contribution in [0, 0.1) is 12.8 Å². The number of Topliss-reactive ketones (excluding diaryl/α,β-unsaturated/α-hetero) is 2. The maximum Gasteiger partial charge on any atom is 0.246 e. The number of rotatable bonds is 8. The predicted octanol–water partition coefficient (Wildman–Crippen LogP) is 3.97. The predicted molar refractivity (Wildman–Crippen MR) is 108 cm³/mol. The van der Waals surface area contributed by atoms with Crippen LogP contribution in [0.2, 0.25) is 0 Å². The normalized spacial score (nSPS) is 13.8. The van der Waals surface area contributed by atoms with Crippen molar-refractivity contribution in [1.82, 2.24) is 9.78 Å². The molecule has 0 saturated heterocycles. The van der Waals surface area contributed by atoms with Gasteiger partial charge in [0.05, 0.1) is 0 Å². The molecule has 0 atom stereocenters. The minimum Gasteiger partial charge on any atom is -0.324 e. The lowest BCUT2D eigenvalue weighted by molar-refractivity contribution is -0.116. The number of ketones is 2. The summed E-state index contributed by atoms with van der Waals surface area (Å²) in [5, 5.41) is 7.08. The van der Waals surface area contributed by atoms with Gasteiger partial charge in [0.25, 0.3) is 0 Å². The first-order valence-electron chi connectivity index (χ1n) is 9.82. The van der Waals surface area contributed by atoms with Crippen molar-refractivity contribution in [3.05, 3.63) is 46.8 Å². The molecule has 0 spiro atoms. The van der Waals surface area contributed by atoms with E-state index < -0.39 is 0 Å². The van der Waals surface area contributed by atoms with E-state index in [2.05, 4.69) is 22.5 Å². The number of benzene rings is 1. The van der Waals surface area contributed by atoms with Crippen LogP contribution in [0.4, 0.5) is 5.69 Å². The molecule has 1 aliphatic rings. The van der Waals surface area contributed by atoms with Crippen LogP contribution in [0.25, 0.3) is 0 Å². The lowest BCUT2D eigenvalue weighted by atomic mass is 9.81. The van der Waals surface area contributed by atoms with Gasteiger partial charge in [-0.15, -0.1) is 0 Å². The molecule has 6 nitrogen and oxygen atoms in total. The molecule has 3 rings (SSSR count). The van der Waals surface area contributed by atoms with Crippen molar-refractivity contribution < 1.29 is 14.4 Å². The maximum atomic E-state index is 12.6. The molecule has 1 aromatic heterocycles. The van der Waals surface area contributed by atoms with Gasteiger partial charge in [-0.3, -0.25) is 19.1 Å². The van der Waals surface area contributed by atoms with Crippen molar-refractivity contribution in [3.8, 4) is 0 Å². The van der Waals surface area contributed by atoms with E-state index in [0.29, 0.717) is 0 Å². The molecule has 1 heterocycles. The van der Waals surface area contributed by atoms with E-state index in [9.17, 15) is 14.4 Å². The fourth-order valence-electron chi connectivity index (χ4n) is 3.48. The second-order valence-corrected chi connectivity index (χ2v) is 7.73. The summed E-state index contributed by atoms with van der Waals surface area (Å²) in [7, 11) is 0. The van der Waals surface area contributed by atoms with Crippen LogP contribution in [0.15, 0.2) is 24.3 Å². The molecule has 1 saturated carbocycles. The minimum atomic E-state index is -0.267. The summed E-state index contributed by atoms with van der Waals surface area (Å²) in [6, 6.07) is 7.55. The van der Waals surface area contributed by atoms with Crippen LogP contribution in [0.3, 0.4) is 0 Å². The molecule has 0 aliphatic heterocycles. The Labute approximate surface area is 165 Å². The number of nitrogens with zero attached hydrogens (tertiary/aromatic N) is 2.